The Kier molecular flexibility index (Phi) is 5.79. The maximum absolute atomic E-state index is 12.9. The monoisotopic (exact) mass is 397 g/mol. The van der Waals surface area contributed by atoms with Crippen LogP contribution < -0.4 is 10.1 Å². The van der Waals surface area contributed by atoms with Crippen LogP contribution in [-0.4, -0.2) is 47.9 Å². The summed E-state index contributed by atoms with van der Waals surface area (Å²) in [5.41, 5.74) is 1.51. The third kappa shape index (κ3) is 4.26. The molecule has 1 saturated carbocycles. The number of likely N-dealkylation sites (tertiary alicyclic amines) is 1. The molecule has 1 aliphatic carbocycles. The second-order valence-corrected chi connectivity index (χ2v) is 8.54. The number of hydrogen-bond acceptors (Lipinski definition) is 3. The van der Waals surface area contributed by atoms with Gasteiger partial charge in [-0.05, 0) is 49.8 Å². The zero-order valence-corrected chi connectivity index (χ0v) is 17.4. The number of methoxy groups -OCH3 is 1. The lowest BCUT2D eigenvalue weighted by Gasteiger charge is -2.34. The molecule has 2 N–H and O–H groups in total. The number of amides is 2. The first-order chi connectivity index (χ1) is 14.0. The molecule has 0 unspecified atom stereocenters. The summed E-state index contributed by atoms with van der Waals surface area (Å²) in [6.07, 6.45) is 6.42. The molecule has 4 rings (SSSR count). The summed E-state index contributed by atoms with van der Waals surface area (Å²) in [4.78, 5) is 30.7. The van der Waals surface area contributed by atoms with Crippen LogP contribution in [0.3, 0.4) is 0 Å². The Morgan fingerprint density at radius 2 is 1.86 bits per heavy atom. The van der Waals surface area contributed by atoms with Gasteiger partial charge < -0.3 is 19.9 Å². The zero-order valence-electron chi connectivity index (χ0n) is 17.4. The van der Waals surface area contributed by atoms with Crippen LogP contribution in [0.4, 0.5) is 0 Å². The molecule has 1 aromatic heterocycles. The number of piperidine rings is 1. The Bertz CT molecular complexity index is 877. The Morgan fingerprint density at radius 3 is 2.55 bits per heavy atom. The lowest BCUT2D eigenvalue weighted by atomic mass is 9.84. The average molecular weight is 398 g/mol. The van der Waals surface area contributed by atoms with Crippen LogP contribution in [0, 0.1) is 11.8 Å². The molecule has 1 aliphatic heterocycles. The number of ether oxygens (including phenoxy) is 1. The largest absolute Gasteiger partial charge is 0.497 e. The molecule has 6 nitrogen and oxygen atoms in total. The topological polar surface area (TPSA) is 74.4 Å². The lowest BCUT2D eigenvalue weighted by Crippen LogP contribution is -2.44. The maximum atomic E-state index is 12.9. The smallest absolute Gasteiger partial charge is 0.270 e. The van der Waals surface area contributed by atoms with E-state index < -0.39 is 0 Å². The molecule has 0 radical (unpaired) electrons. The Balaban J connectivity index is 1.34. The van der Waals surface area contributed by atoms with E-state index in [1.807, 2.05) is 36.1 Å². The molecule has 0 spiro atoms. The molecule has 0 bridgehead atoms. The number of rotatable bonds is 5. The van der Waals surface area contributed by atoms with Gasteiger partial charge in [-0.2, -0.15) is 0 Å². The highest BCUT2D eigenvalue weighted by Crippen LogP contribution is 2.28. The van der Waals surface area contributed by atoms with Crippen molar-refractivity contribution in [3.05, 3.63) is 30.0 Å². The summed E-state index contributed by atoms with van der Waals surface area (Å²) in [7, 11) is 1.63. The van der Waals surface area contributed by atoms with Crippen molar-refractivity contribution in [3.63, 3.8) is 0 Å². The van der Waals surface area contributed by atoms with Crippen LogP contribution in [0.2, 0.25) is 0 Å². The molecule has 6 heteroatoms. The summed E-state index contributed by atoms with van der Waals surface area (Å²) >= 11 is 0. The fraction of sp³-hybridized carbons (Fsp3) is 0.565. The third-order valence-electron chi connectivity index (χ3n) is 6.71. The Hall–Kier alpha value is -2.50. The molecule has 2 amide bonds. The number of fused-ring (bicyclic) bond motifs is 1. The van der Waals surface area contributed by atoms with Gasteiger partial charge in [0, 0.05) is 42.0 Å². The number of nitrogens with zero attached hydrogens (tertiary/aromatic N) is 1. The van der Waals surface area contributed by atoms with Crippen LogP contribution >= 0.6 is 0 Å². The van der Waals surface area contributed by atoms with Crippen molar-refractivity contribution in [2.45, 2.75) is 51.5 Å². The summed E-state index contributed by atoms with van der Waals surface area (Å²) in [6.45, 7) is 3.43. The number of aromatic amines is 1. The van der Waals surface area contributed by atoms with Crippen LogP contribution in [0.1, 0.15) is 55.9 Å². The molecular formula is C23H31N3O3. The first kappa shape index (κ1) is 19.8. The first-order valence-corrected chi connectivity index (χ1v) is 10.8. The Morgan fingerprint density at radius 1 is 1.14 bits per heavy atom. The molecule has 1 aromatic carbocycles. The van der Waals surface area contributed by atoms with Gasteiger partial charge in [0.15, 0.2) is 0 Å². The van der Waals surface area contributed by atoms with Gasteiger partial charge in [-0.15, -0.1) is 0 Å². The van der Waals surface area contributed by atoms with Crippen molar-refractivity contribution in [1.29, 1.82) is 0 Å². The van der Waals surface area contributed by atoms with E-state index >= 15 is 0 Å². The average Bonchev–Trinajstić information content (AvgIpc) is 3.41. The van der Waals surface area contributed by atoms with Gasteiger partial charge in [-0.3, -0.25) is 9.59 Å². The fourth-order valence-electron chi connectivity index (χ4n) is 4.74. The number of benzene rings is 1. The number of carbonyl (C=O) groups is 2. The predicted molar refractivity (Wildman–Crippen MR) is 113 cm³/mol. The lowest BCUT2D eigenvalue weighted by molar-refractivity contribution is -0.127. The van der Waals surface area contributed by atoms with Gasteiger partial charge in [0.05, 0.1) is 7.11 Å². The van der Waals surface area contributed by atoms with Crippen molar-refractivity contribution >= 4 is 22.7 Å². The fourth-order valence-corrected chi connectivity index (χ4v) is 4.74. The van der Waals surface area contributed by atoms with Crippen molar-refractivity contribution in [3.8, 4) is 5.75 Å². The maximum Gasteiger partial charge on any atom is 0.270 e. The number of nitrogens with one attached hydrogen (secondary N) is 2. The van der Waals surface area contributed by atoms with E-state index in [0.717, 1.165) is 42.3 Å². The normalized spacial score (nSPS) is 19.4. The molecule has 1 atom stereocenters. The van der Waals surface area contributed by atoms with Gasteiger partial charge in [0.1, 0.15) is 11.4 Å². The van der Waals surface area contributed by atoms with Crippen molar-refractivity contribution in [2.75, 3.05) is 20.2 Å². The van der Waals surface area contributed by atoms with Gasteiger partial charge >= 0.3 is 0 Å². The molecule has 156 valence electrons. The highest BCUT2D eigenvalue weighted by atomic mass is 16.5. The van der Waals surface area contributed by atoms with Crippen molar-refractivity contribution < 1.29 is 14.3 Å². The quantitative estimate of drug-likeness (QED) is 0.807. The highest BCUT2D eigenvalue weighted by molar-refractivity contribution is 5.98. The van der Waals surface area contributed by atoms with E-state index in [1.165, 1.54) is 12.8 Å². The van der Waals surface area contributed by atoms with Crippen LogP contribution in [0.15, 0.2) is 24.3 Å². The van der Waals surface area contributed by atoms with Crippen LogP contribution in [-0.2, 0) is 4.79 Å². The second kappa shape index (κ2) is 8.47. The van der Waals surface area contributed by atoms with Gasteiger partial charge in [-0.25, -0.2) is 0 Å². The van der Waals surface area contributed by atoms with Gasteiger partial charge in [0.2, 0.25) is 5.91 Å². The zero-order chi connectivity index (χ0) is 20.4. The van der Waals surface area contributed by atoms with Crippen molar-refractivity contribution in [1.82, 2.24) is 15.2 Å². The van der Waals surface area contributed by atoms with E-state index in [1.54, 1.807) is 7.11 Å². The minimum absolute atomic E-state index is 0.00777. The molecule has 2 aromatic rings. The summed E-state index contributed by atoms with van der Waals surface area (Å²) in [5.74, 6) is 1.33. The molecule has 2 aliphatic rings. The number of H-pyrrole nitrogens is 1. The van der Waals surface area contributed by atoms with E-state index in [2.05, 4.69) is 10.3 Å². The highest BCUT2D eigenvalue weighted by Gasteiger charge is 2.31. The SMILES string of the molecule is COc1ccc2cc(C(=O)N3CCC([C@@H](C)C(=O)NC4CCCC4)CC3)[nH]c2c1. The van der Waals surface area contributed by atoms with Gasteiger partial charge in [-0.1, -0.05) is 19.8 Å². The molecule has 29 heavy (non-hydrogen) atoms. The van der Waals surface area contributed by atoms with Gasteiger partial charge in [0.25, 0.3) is 5.91 Å². The number of aromatic nitrogens is 1. The first-order valence-electron chi connectivity index (χ1n) is 10.8. The van der Waals surface area contributed by atoms with Crippen LogP contribution in [0.25, 0.3) is 10.9 Å². The van der Waals surface area contributed by atoms with Crippen molar-refractivity contribution in [2.24, 2.45) is 11.8 Å². The minimum Gasteiger partial charge on any atom is -0.497 e. The van der Waals surface area contributed by atoms with E-state index in [4.69, 9.17) is 4.74 Å². The van der Waals surface area contributed by atoms with E-state index in [0.29, 0.717) is 30.7 Å². The minimum atomic E-state index is 0.00777. The number of carbonyl (C=O) groups excluding carboxylic acids is 2. The molecule has 1 saturated heterocycles. The predicted octanol–water partition coefficient (Wildman–Crippen LogP) is 3.72. The summed E-state index contributed by atoms with van der Waals surface area (Å²) in [5, 5.41) is 4.23. The second-order valence-electron chi connectivity index (χ2n) is 8.54. The number of hydrogen-bond donors (Lipinski definition) is 2. The summed E-state index contributed by atoms with van der Waals surface area (Å²) < 4.78 is 5.26. The third-order valence-corrected chi connectivity index (χ3v) is 6.71. The van der Waals surface area contributed by atoms with E-state index in [9.17, 15) is 9.59 Å². The summed E-state index contributed by atoms with van der Waals surface area (Å²) in [6, 6.07) is 8.03. The molecule has 2 heterocycles. The Labute approximate surface area is 172 Å². The standard InChI is InChI=1S/C23H31N3O3/c1-15(22(27)24-18-5-3-4-6-18)16-9-11-26(12-10-16)23(28)21-13-17-7-8-19(29-2)14-20(17)25-21/h7-8,13-16,18,25H,3-6,9-12H2,1-2H3,(H,24,27)/t15-/m1/s1. The van der Waals surface area contributed by atoms with E-state index in [-0.39, 0.29) is 17.7 Å². The molecular weight excluding hydrogens is 366 g/mol. The van der Waals surface area contributed by atoms with Crippen LogP contribution in [0.5, 0.6) is 5.75 Å². The molecule has 2 fully saturated rings.